The van der Waals surface area contributed by atoms with Crippen LogP contribution < -0.4 is 15.4 Å². The van der Waals surface area contributed by atoms with Crippen LogP contribution in [0.2, 0.25) is 0 Å². The van der Waals surface area contributed by atoms with Gasteiger partial charge >= 0.3 is 0 Å². The third kappa shape index (κ3) is 4.79. The monoisotopic (exact) mass is 543 g/mol. The second-order valence-electron chi connectivity index (χ2n) is 11.4. The molecule has 210 valence electrons. The summed E-state index contributed by atoms with van der Waals surface area (Å²) in [5.41, 5.74) is -0.519. The van der Waals surface area contributed by atoms with Gasteiger partial charge in [-0.3, -0.25) is 14.4 Å². The lowest BCUT2D eigenvalue weighted by Crippen LogP contribution is -2.56. The average molecular weight is 544 g/mol. The largest absolute Gasteiger partial charge is 0.457 e. The van der Waals surface area contributed by atoms with E-state index in [4.69, 9.17) is 9.47 Å². The van der Waals surface area contributed by atoms with Gasteiger partial charge in [0.05, 0.1) is 17.9 Å². The number of fused-ring (bicyclic) bond motifs is 1. The molecule has 0 aromatic heterocycles. The van der Waals surface area contributed by atoms with Gasteiger partial charge in [0, 0.05) is 18.3 Å². The van der Waals surface area contributed by atoms with E-state index in [-0.39, 0.29) is 23.8 Å². The fraction of sp³-hybridized carbons (Fsp3) is 0.469. The highest BCUT2D eigenvalue weighted by Gasteiger charge is 2.72. The smallest absolute Gasteiger partial charge is 0.246 e. The van der Waals surface area contributed by atoms with Crippen molar-refractivity contribution in [2.24, 2.45) is 11.8 Å². The van der Waals surface area contributed by atoms with Crippen molar-refractivity contribution in [2.45, 2.75) is 75.7 Å². The van der Waals surface area contributed by atoms with E-state index in [0.29, 0.717) is 18.0 Å². The Morgan fingerprint density at radius 3 is 2.45 bits per heavy atom. The molecule has 1 saturated carbocycles. The summed E-state index contributed by atoms with van der Waals surface area (Å²) in [6.07, 6.45) is 10.2. The molecule has 0 radical (unpaired) electrons. The number of unbranched alkanes of at least 4 members (excludes halogenated alkanes) is 1. The first kappa shape index (κ1) is 26.6. The number of carbonyl (C=O) groups is 3. The highest BCUT2D eigenvalue weighted by molar-refractivity contribution is 6.02. The molecule has 2 N–H and O–H groups in total. The number of anilines is 1. The first-order chi connectivity index (χ1) is 19.5. The second kappa shape index (κ2) is 11.1. The zero-order chi connectivity index (χ0) is 27.7. The molecule has 8 heteroatoms. The summed E-state index contributed by atoms with van der Waals surface area (Å²) in [6, 6.07) is 16.0. The van der Waals surface area contributed by atoms with Crippen LogP contribution in [0.4, 0.5) is 5.69 Å². The summed E-state index contributed by atoms with van der Waals surface area (Å²) < 4.78 is 12.3. The summed E-state index contributed by atoms with van der Waals surface area (Å²) in [5.74, 6) is -0.690. The van der Waals surface area contributed by atoms with Gasteiger partial charge in [-0.2, -0.15) is 0 Å². The first-order valence-electron chi connectivity index (χ1n) is 14.6. The van der Waals surface area contributed by atoms with Crippen molar-refractivity contribution in [3.05, 3.63) is 66.7 Å². The molecule has 3 heterocycles. The molecule has 3 aliphatic heterocycles. The van der Waals surface area contributed by atoms with Gasteiger partial charge in [-0.05, 0) is 55.7 Å². The van der Waals surface area contributed by atoms with Crippen molar-refractivity contribution < 1.29 is 23.9 Å². The summed E-state index contributed by atoms with van der Waals surface area (Å²) >= 11 is 0. The van der Waals surface area contributed by atoms with E-state index in [1.54, 1.807) is 29.2 Å². The minimum Gasteiger partial charge on any atom is -0.457 e. The summed E-state index contributed by atoms with van der Waals surface area (Å²) in [4.78, 5) is 43.0. The van der Waals surface area contributed by atoms with E-state index in [1.807, 2.05) is 42.5 Å². The van der Waals surface area contributed by atoms with E-state index in [2.05, 4.69) is 17.6 Å². The van der Waals surface area contributed by atoms with Crippen LogP contribution >= 0.6 is 0 Å². The molecule has 2 saturated heterocycles. The number of ether oxygens (including phenoxy) is 2. The first-order valence-corrected chi connectivity index (χ1v) is 14.6. The summed E-state index contributed by atoms with van der Waals surface area (Å²) in [7, 11) is 0. The second-order valence-corrected chi connectivity index (χ2v) is 11.4. The average Bonchev–Trinajstić information content (AvgIpc) is 3.61. The molecule has 2 aromatic rings. The van der Waals surface area contributed by atoms with E-state index in [1.165, 1.54) is 6.42 Å². The fourth-order valence-electron chi connectivity index (χ4n) is 6.82. The van der Waals surface area contributed by atoms with Crippen LogP contribution in [-0.4, -0.2) is 53.0 Å². The van der Waals surface area contributed by atoms with Crippen LogP contribution in [0.25, 0.3) is 0 Å². The number of hydrogen-bond donors (Lipinski definition) is 2. The molecule has 1 aliphatic carbocycles. The number of hydrogen-bond acceptors (Lipinski definition) is 5. The predicted molar refractivity (Wildman–Crippen MR) is 151 cm³/mol. The molecule has 6 rings (SSSR count). The lowest BCUT2D eigenvalue weighted by molar-refractivity contribution is -0.141. The lowest BCUT2D eigenvalue weighted by atomic mass is 9.74. The van der Waals surface area contributed by atoms with Gasteiger partial charge in [-0.15, -0.1) is 0 Å². The maximum Gasteiger partial charge on any atom is 0.246 e. The number of para-hydroxylation sites is 1. The fourth-order valence-corrected chi connectivity index (χ4v) is 6.82. The van der Waals surface area contributed by atoms with Crippen LogP contribution in [0.1, 0.15) is 51.9 Å². The topological polar surface area (TPSA) is 97.0 Å². The van der Waals surface area contributed by atoms with Crippen LogP contribution in [0.5, 0.6) is 11.5 Å². The van der Waals surface area contributed by atoms with Gasteiger partial charge in [0.15, 0.2) is 0 Å². The van der Waals surface area contributed by atoms with Crippen molar-refractivity contribution in [1.29, 1.82) is 0 Å². The van der Waals surface area contributed by atoms with Crippen LogP contribution in [-0.2, 0) is 19.1 Å². The van der Waals surface area contributed by atoms with Gasteiger partial charge in [-0.1, -0.05) is 63.0 Å². The molecule has 3 fully saturated rings. The lowest BCUT2D eigenvalue weighted by Gasteiger charge is -2.34. The maximum atomic E-state index is 13.9. The molecule has 0 unspecified atom stereocenters. The predicted octanol–water partition coefficient (Wildman–Crippen LogP) is 4.82. The number of benzene rings is 2. The van der Waals surface area contributed by atoms with E-state index in [9.17, 15) is 14.4 Å². The number of rotatable bonds is 9. The molecule has 5 atom stereocenters. The van der Waals surface area contributed by atoms with Crippen molar-refractivity contribution >= 4 is 23.4 Å². The molecule has 40 heavy (non-hydrogen) atoms. The maximum absolute atomic E-state index is 13.9. The molecule has 2 aromatic carbocycles. The van der Waals surface area contributed by atoms with Crippen molar-refractivity contribution in [2.75, 3.05) is 11.9 Å². The van der Waals surface area contributed by atoms with Gasteiger partial charge in [0.25, 0.3) is 0 Å². The summed E-state index contributed by atoms with van der Waals surface area (Å²) in [6.45, 7) is 2.53. The van der Waals surface area contributed by atoms with Crippen LogP contribution in [0.3, 0.4) is 0 Å². The van der Waals surface area contributed by atoms with Crippen LogP contribution in [0, 0.1) is 11.8 Å². The van der Waals surface area contributed by atoms with E-state index < -0.39 is 29.6 Å². The van der Waals surface area contributed by atoms with Gasteiger partial charge < -0.3 is 25.0 Å². The Hall–Kier alpha value is -3.65. The third-order valence-corrected chi connectivity index (χ3v) is 8.73. The Morgan fingerprint density at radius 1 is 1.00 bits per heavy atom. The molecule has 3 amide bonds. The molecule has 4 aliphatic rings. The molecular formula is C32H37N3O5. The number of nitrogens with one attached hydrogen (secondary N) is 2. The van der Waals surface area contributed by atoms with E-state index >= 15 is 0 Å². The Kier molecular flexibility index (Phi) is 7.36. The molecule has 2 bridgehead atoms. The third-order valence-electron chi connectivity index (χ3n) is 8.73. The van der Waals surface area contributed by atoms with E-state index in [0.717, 1.165) is 44.3 Å². The number of carbonyl (C=O) groups excluding carboxylic acids is 3. The Morgan fingerprint density at radius 2 is 1.73 bits per heavy atom. The molecular weight excluding hydrogens is 506 g/mol. The summed E-state index contributed by atoms with van der Waals surface area (Å²) in [5, 5.41) is 6.20. The Balaban J connectivity index is 1.20. The van der Waals surface area contributed by atoms with Crippen LogP contribution in [0.15, 0.2) is 66.7 Å². The normalized spacial score (nSPS) is 28.9. The van der Waals surface area contributed by atoms with Crippen molar-refractivity contribution in [1.82, 2.24) is 10.2 Å². The molecule has 1 spiro atoms. The van der Waals surface area contributed by atoms with Crippen molar-refractivity contribution in [3.8, 4) is 11.5 Å². The van der Waals surface area contributed by atoms with Gasteiger partial charge in [0.1, 0.15) is 23.1 Å². The minimum atomic E-state index is -1.12. The van der Waals surface area contributed by atoms with Gasteiger partial charge in [-0.25, -0.2) is 0 Å². The quantitative estimate of drug-likeness (QED) is 0.442. The Labute approximate surface area is 235 Å². The molecule has 8 nitrogen and oxygen atoms in total. The Bertz CT molecular complexity index is 1270. The standard InChI is InChI=1S/C32H37N3O5/c1-2-3-20-35-28(30(37)34-21-10-6-4-7-11-21)32-19-18-25(40-32)26(27(32)31(35)38)29(36)33-22-14-16-24(17-15-22)39-23-12-8-5-9-13-23/h5,8-9,12-19,21,25-28H,2-4,6-7,10-11,20H2,1H3,(H,33,36)(H,34,37)/t25-,26-,27-,28+,32-/m0/s1. The zero-order valence-corrected chi connectivity index (χ0v) is 22.9. The number of likely N-dealkylation sites (tertiary alicyclic amines) is 1. The highest BCUT2D eigenvalue weighted by Crippen LogP contribution is 2.55. The zero-order valence-electron chi connectivity index (χ0n) is 22.9. The van der Waals surface area contributed by atoms with Gasteiger partial charge in [0.2, 0.25) is 17.7 Å². The SMILES string of the molecule is CCCCN1C(=O)[C@@H]2[C@@H](C(=O)Nc3ccc(Oc4ccccc4)cc3)[C@@H]3C=C[C@@]2(O3)[C@H]1C(=O)NC1CCCCC1. The highest BCUT2D eigenvalue weighted by atomic mass is 16.5. The number of nitrogens with zero attached hydrogens (tertiary/aromatic N) is 1. The van der Waals surface area contributed by atoms with Crippen molar-refractivity contribution in [3.63, 3.8) is 0 Å². The number of amides is 3. The minimum absolute atomic E-state index is 0.121.